The van der Waals surface area contributed by atoms with Gasteiger partial charge in [-0.15, -0.1) is 5.10 Å². The highest BCUT2D eigenvalue weighted by Gasteiger charge is 2.17. The fourth-order valence-electron chi connectivity index (χ4n) is 1.59. The predicted molar refractivity (Wildman–Crippen MR) is 77.7 cm³/mol. The van der Waals surface area contributed by atoms with E-state index in [1.54, 1.807) is 24.4 Å². The summed E-state index contributed by atoms with van der Waals surface area (Å²) in [5.74, 6) is 0. The highest BCUT2D eigenvalue weighted by Crippen LogP contribution is 2.29. The lowest BCUT2D eigenvalue weighted by molar-refractivity contribution is 0.595. The fraction of sp³-hybridized carbons (Fsp3) is 0. The van der Waals surface area contributed by atoms with Gasteiger partial charge in [0.25, 0.3) is 10.0 Å². The molecule has 0 fully saturated rings. The lowest BCUT2D eigenvalue weighted by Crippen LogP contribution is -2.12. The van der Waals surface area contributed by atoms with E-state index in [4.69, 9.17) is 28.3 Å². The topological polar surface area (TPSA) is 90.4 Å². The van der Waals surface area contributed by atoms with Crippen LogP contribution in [0.5, 0.6) is 0 Å². The van der Waals surface area contributed by atoms with Gasteiger partial charge in [-0.2, -0.15) is 0 Å². The van der Waals surface area contributed by atoms with Crippen molar-refractivity contribution >= 4 is 49.5 Å². The molecule has 1 aromatic carbocycles. The van der Waals surface area contributed by atoms with Crippen LogP contribution in [0.2, 0.25) is 10.0 Å². The van der Waals surface area contributed by atoms with Gasteiger partial charge in [0.2, 0.25) is 9.30 Å². The smallest absolute Gasteiger partial charge is 0.223 e. The first-order valence-corrected chi connectivity index (χ1v) is 8.31. The van der Waals surface area contributed by atoms with E-state index < -0.39 is 10.0 Å². The van der Waals surface area contributed by atoms with Crippen molar-refractivity contribution in [2.45, 2.75) is 4.34 Å². The second-order valence-corrected chi connectivity index (χ2v) is 7.40. The Hall–Kier alpha value is -1.19. The molecule has 3 aromatic rings. The van der Waals surface area contributed by atoms with E-state index in [0.717, 1.165) is 16.9 Å². The first-order chi connectivity index (χ1) is 9.34. The monoisotopic (exact) mass is 348 g/mol. The van der Waals surface area contributed by atoms with E-state index >= 15 is 0 Å². The van der Waals surface area contributed by atoms with Crippen molar-refractivity contribution < 1.29 is 8.42 Å². The molecule has 0 aliphatic carbocycles. The van der Waals surface area contributed by atoms with E-state index in [1.165, 1.54) is 4.52 Å². The van der Waals surface area contributed by atoms with Gasteiger partial charge in [-0.25, -0.2) is 23.1 Å². The van der Waals surface area contributed by atoms with Crippen molar-refractivity contribution in [3.63, 3.8) is 0 Å². The van der Waals surface area contributed by atoms with Crippen LogP contribution in [-0.4, -0.2) is 23.0 Å². The summed E-state index contributed by atoms with van der Waals surface area (Å²) in [6, 6.07) is 5.11. The highest BCUT2D eigenvalue weighted by molar-refractivity contribution is 7.91. The molecule has 0 saturated heterocycles. The van der Waals surface area contributed by atoms with Gasteiger partial charge in [-0.3, -0.25) is 0 Å². The number of sulfonamides is 1. The van der Waals surface area contributed by atoms with Crippen LogP contribution in [0.3, 0.4) is 0 Å². The first-order valence-electron chi connectivity index (χ1n) is 5.19. The Kier molecular flexibility index (Phi) is 3.22. The van der Waals surface area contributed by atoms with Crippen molar-refractivity contribution in [2.24, 2.45) is 5.14 Å². The third-order valence-corrected chi connectivity index (χ3v) is 5.45. The third kappa shape index (κ3) is 2.40. The molecule has 6 nitrogen and oxygen atoms in total. The minimum absolute atomic E-state index is 0.180. The normalized spacial score (nSPS) is 12.2. The van der Waals surface area contributed by atoms with Crippen LogP contribution in [0.15, 0.2) is 28.7 Å². The summed E-state index contributed by atoms with van der Waals surface area (Å²) in [6.07, 6.45) is 1.60. The van der Waals surface area contributed by atoms with Crippen LogP contribution < -0.4 is 5.14 Å². The average molecular weight is 349 g/mol. The van der Waals surface area contributed by atoms with Crippen molar-refractivity contribution in [1.29, 1.82) is 0 Å². The second-order valence-electron chi connectivity index (χ2n) is 3.90. The molecule has 2 aromatic heterocycles. The molecule has 10 heteroatoms. The number of nitrogens with zero attached hydrogens (tertiary/aromatic N) is 3. The Bertz CT molecular complexity index is 885. The number of halogens is 2. The number of aromatic nitrogens is 3. The van der Waals surface area contributed by atoms with Crippen LogP contribution >= 0.6 is 34.5 Å². The number of hydrogen-bond acceptors (Lipinski definition) is 5. The van der Waals surface area contributed by atoms with Gasteiger partial charge >= 0.3 is 0 Å². The Balaban J connectivity index is 2.10. The Labute approximate surface area is 127 Å². The Morgan fingerprint density at radius 1 is 1.25 bits per heavy atom. The van der Waals surface area contributed by atoms with Crippen LogP contribution in [0.4, 0.5) is 0 Å². The van der Waals surface area contributed by atoms with Crippen LogP contribution in [0.1, 0.15) is 0 Å². The van der Waals surface area contributed by atoms with Gasteiger partial charge in [0.05, 0.1) is 21.9 Å². The number of imidazole rings is 1. The molecular weight excluding hydrogens is 343 g/mol. The Morgan fingerprint density at radius 2 is 2.00 bits per heavy atom. The fourth-order valence-corrected chi connectivity index (χ4v) is 3.40. The number of benzene rings is 1. The van der Waals surface area contributed by atoms with E-state index in [-0.39, 0.29) is 4.34 Å². The molecular formula is C10H6Cl2N4O2S2. The SMILES string of the molecule is NS(=O)(=O)c1nn2cc(-c3ccc(Cl)c(Cl)c3)nc2s1. The van der Waals surface area contributed by atoms with Crippen LogP contribution in [0.25, 0.3) is 16.2 Å². The van der Waals surface area contributed by atoms with Gasteiger partial charge in [-0.1, -0.05) is 40.6 Å². The second kappa shape index (κ2) is 4.68. The number of rotatable bonds is 2. The molecule has 0 atom stereocenters. The quantitative estimate of drug-likeness (QED) is 0.769. The summed E-state index contributed by atoms with van der Waals surface area (Å²) >= 11 is 12.7. The van der Waals surface area contributed by atoms with Gasteiger partial charge < -0.3 is 0 Å². The van der Waals surface area contributed by atoms with Crippen molar-refractivity contribution in [2.75, 3.05) is 0 Å². The van der Waals surface area contributed by atoms with Crippen LogP contribution in [-0.2, 0) is 10.0 Å². The standard InChI is InChI=1S/C10H6Cl2N4O2S2/c11-6-2-1-5(3-7(6)12)8-4-16-9(14-8)19-10(15-16)20(13,17)18/h1-4H,(H2,13,17,18). The minimum atomic E-state index is -3.82. The molecule has 0 amide bonds. The molecule has 0 bridgehead atoms. The maximum Gasteiger partial charge on any atom is 0.267 e. The molecule has 0 saturated carbocycles. The number of nitrogens with two attached hydrogens (primary N) is 1. The number of hydrogen-bond donors (Lipinski definition) is 1. The zero-order valence-electron chi connectivity index (χ0n) is 9.62. The lowest BCUT2D eigenvalue weighted by Gasteiger charge is -1.98. The minimum Gasteiger partial charge on any atom is -0.223 e. The molecule has 20 heavy (non-hydrogen) atoms. The molecule has 0 aliphatic heterocycles. The highest BCUT2D eigenvalue weighted by atomic mass is 35.5. The van der Waals surface area contributed by atoms with E-state index in [0.29, 0.717) is 20.7 Å². The van der Waals surface area contributed by atoms with E-state index in [9.17, 15) is 8.42 Å². The molecule has 0 radical (unpaired) electrons. The molecule has 2 heterocycles. The largest absolute Gasteiger partial charge is 0.267 e. The number of primary sulfonamides is 1. The van der Waals surface area contributed by atoms with Crippen molar-refractivity contribution in [1.82, 2.24) is 14.6 Å². The van der Waals surface area contributed by atoms with Gasteiger partial charge in [0.1, 0.15) is 0 Å². The van der Waals surface area contributed by atoms with Gasteiger partial charge in [0, 0.05) is 5.56 Å². The van der Waals surface area contributed by atoms with E-state index in [1.807, 2.05) is 0 Å². The third-order valence-electron chi connectivity index (χ3n) is 2.48. The van der Waals surface area contributed by atoms with Crippen molar-refractivity contribution in [3.8, 4) is 11.3 Å². The summed E-state index contributed by atoms with van der Waals surface area (Å²) in [7, 11) is -3.82. The zero-order chi connectivity index (χ0) is 14.5. The first kappa shape index (κ1) is 13.8. The van der Waals surface area contributed by atoms with E-state index in [2.05, 4.69) is 10.1 Å². The summed E-state index contributed by atoms with van der Waals surface area (Å²) in [6.45, 7) is 0. The van der Waals surface area contributed by atoms with Crippen molar-refractivity contribution in [3.05, 3.63) is 34.4 Å². The van der Waals surface area contributed by atoms with Gasteiger partial charge in [0.15, 0.2) is 0 Å². The lowest BCUT2D eigenvalue weighted by atomic mass is 10.2. The maximum atomic E-state index is 11.2. The molecule has 0 spiro atoms. The predicted octanol–water partition coefficient (Wildman–Crippen LogP) is 2.41. The van der Waals surface area contributed by atoms with Gasteiger partial charge in [-0.05, 0) is 12.1 Å². The molecule has 0 unspecified atom stereocenters. The molecule has 0 aliphatic rings. The summed E-state index contributed by atoms with van der Waals surface area (Å²) in [4.78, 5) is 4.71. The molecule has 104 valence electrons. The Morgan fingerprint density at radius 3 is 2.60 bits per heavy atom. The maximum absolute atomic E-state index is 11.2. The molecule has 3 rings (SSSR count). The summed E-state index contributed by atoms with van der Waals surface area (Å²) in [5.41, 5.74) is 1.37. The zero-order valence-corrected chi connectivity index (χ0v) is 12.8. The number of fused-ring (bicyclic) bond motifs is 1. The average Bonchev–Trinajstić information content (AvgIpc) is 2.89. The van der Waals surface area contributed by atoms with Crippen LogP contribution in [0, 0.1) is 0 Å². The molecule has 2 N–H and O–H groups in total. The summed E-state index contributed by atoms with van der Waals surface area (Å²) < 4.78 is 23.6. The summed E-state index contributed by atoms with van der Waals surface area (Å²) in [5, 5.41) is 9.75.